The average molecular weight is 369 g/mol. The molecule has 0 bridgehead atoms. The van der Waals surface area contributed by atoms with E-state index in [4.69, 9.17) is 9.52 Å². The largest absolute Gasteiger partial charge is 0.481 e. The van der Waals surface area contributed by atoms with Crippen LogP contribution in [-0.2, 0) is 24.7 Å². The zero-order chi connectivity index (χ0) is 18.3. The van der Waals surface area contributed by atoms with Crippen molar-refractivity contribution in [2.45, 2.75) is 19.8 Å². The van der Waals surface area contributed by atoms with Crippen LogP contribution >= 0.6 is 11.3 Å². The van der Waals surface area contributed by atoms with E-state index in [1.54, 1.807) is 16.0 Å². The van der Waals surface area contributed by atoms with Crippen molar-refractivity contribution in [3.63, 3.8) is 0 Å². The van der Waals surface area contributed by atoms with Crippen molar-refractivity contribution in [3.8, 4) is 11.1 Å². The van der Waals surface area contributed by atoms with E-state index < -0.39 is 5.97 Å². The molecule has 0 saturated carbocycles. The lowest BCUT2D eigenvalue weighted by Crippen LogP contribution is -1.99. The molecule has 0 atom stereocenters. The van der Waals surface area contributed by atoms with Gasteiger partial charge in [0.15, 0.2) is 0 Å². The first kappa shape index (κ1) is 16.4. The van der Waals surface area contributed by atoms with Gasteiger partial charge in [-0.15, -0.1) is 21.5 Å². The van der Waals surface area contributed by atoms with Gasteiger partial charge in [-0.2, -0.15) is 5.10 Å². The van der Waals surface area contributed by atoms with Gasteiger partial charge in [0, 0.05) is 18.8 Å². The Morgan fingerprint density at radius 3 is 2.85 bits per heavy atom. The summed E-state index contributed by atoms with van der Waals surface area (Å²) in [7, 11) is 1.91. The third kappa shape index (κ3) is 3.21. The van der Waals surface area contributed by atoms with Gasteiger partial charge in [0.2, 0.25) is 11.8 Å². The molecule has 0 radical (unpaired) electrons. The minimum atomic E-state index is -1.00. The predicted molar refractivity (Wildman–Crippen MR) is 95.0 cm³/mol. The zero-order valence-electron chi connectivity index (χ0n) is 14.1. The predicted octanol–water partition coefficient (Wildman–Crippen LogP) is 2.61. The Morgan fingerprint density at radius 1 is 1.31 bits per heavy atom. The second-order valence-corrected chi connectivity index (χ2v) is 7.04. The second-order valence-electron chi connectivity index (χ2n) is 5.93. The summed E-state index contributed by atoms with van der Waals surface area (Å²) < 4.78 is 8.22. The van der Waals surface area contributed by atoms with Crippen LogP contribution in [0.1, 0.15) is 22.5 Å². The third-order valence-corrected chi connectivity index (χ3v) is 4.89. The van der Waals surface area contributed by atoms with E-state index in [-0.39, 0.29) is 12.3 Å². The van der Waals surface area contributed by atoms with Gasteiger partial charge in [-0.1, -0.05) is 6.07 Å². The number of carboxylic acid groups (broad SMARTS) is 1. The Bertz CT molecular complexity index is 1110. The lowest BCUT2D eigenvalue weighted by molar-refractivity contribution is -0.136. The molecular weight excluding hydrogens is 354 g/mol. The second kappa shape index (κ2) is 6.34. The van der Waals surface area contributed by atoms with Crippen molar-refractivity contribution in [2.75, 3.05) is 0 Å². The number of nitrogens with zero attached hydrogens (tertiary/aromatic N) is 5. The van der Waals surface area contributed by atoms with Crippen LogP contribution in [0.2, 0.25) is 0 Å². The summed E-state index contributed by atoms with van der Waals surface area (Å²) in [5, 5.41) is 21.6. The molecule has 0 amide bonds. The highest BCUT2D eigenvalue weighted by molar-refractivity contribution is 7.18. The number of hydrogen-bond donors (Lipinski definition) is 1. The van der Waals surface area contributed by atoms with E-state index in [9.17, 15) is 4.79 Å². The average Bonchev–Trinajstić information content (AvgIpc) is 3.25. The Labute approximate surface area is 152 Å². The zero-order valence-corrected chi connectivity index (χ0v) is 14.9. The molecule has 0 aliphatic heterocycles. The molecule has 4 aromatic rings. The molecular formula is C17H15N5O3S. The van der Waals surface area contributed by atoms with Gasteiger partial charge >= 0.3 is 5.97 Å². The molecule has 9 heteroatoms. The van der Waals surface area contributed by atoms with Gasteiger partial charge in [0.05, 0.1) is 22.3 Å². The van der Waals surface area contributed by atoms with Crippen LogP contribution in [-0.4, -0.2) is 36.0 Å². The van der Waals surface area contributed by atoms with Crippen molar-refractivity contribution in [3.05, 3.63) is 46.9 Å². The first-order valence-corrected chi connectivity index (χ1v) is 8.73. The highest BCUT2D eigenvalue weighted by Crippen LogP contribution is 2.30. The number of carbonyl (C=O) groups is 1. The van der Waals surface area contributed by atoms with Crippen molar-refractivity contribution >= 4 is 27.5 Å². The normalized spacial score (nSPS) is 11.3. The molecule has 26 heavy (non-hydrogen) atoms. The smallest absolute Gasteiger partial charge is 0.312 e. The van der Waals surface area contributed by atoms with Crippen molar-refractivity contribution in [1.82, 2.24) is 25.0 Å². The minimum Gasteiger partial charge on any atom is -0.481 e. The standard InChI is InChI=1S/C17H15N5O3S/c1-9-11(8-22(2)21-9)10-3-4-12-13(5-10)26-16(18-12)6-14-19-20-15(25-14)7-17(23)24/h3-5,8H,6-7H2,1-2H3,(H,23,24). The number of fused-ring (bicyclic) bond motifs is 1. The van der Waals surface area contributed by atoms with Crippen LogP contribution in [0.5, 0.6) is 0 Å². The lowest BCUT2D eigenvalue weighted by atomic mass is 10.1. The molecule has 0 aliphatic carbocycles. The van der Waals surface area contributed by atoms with E-state index in [1.807, 2.05) is 32.3 Å². The summed E-state index contributed by atoms with van der Waals surface area (Å²) in [5.74, 6) is -0.537. The van der Waals surface area contributed by atoms with E-state index in [1.165, 1.54) is 0 Å². The first-order valence-electron chi connectivity index (χ1n) is 7.91. The number of aryl methyl sites for hydroxylation is 2. The van der Waals surface area contributed by atoms with Crippen LogP contribution < -0.4 is 0 Å². The van der Waals surface area contributed by atoms with Gasteiger partial charge in [-0.05, 0) is 24.6 Å². The van der Waals surface area contributed by atoms with Gasteiger partial charge < -0.3 is 9.52 Å². The number of carboxylic acids is 1. The van der Waals surface area contributed by atoms with Gasteiger partial charge in [0.25, 0.3) is 0 Å². The molecule has 1 aromatic carbocycles. The summed E-state index contributed by atoms with van der Waals surface area (Å²) >= 11 is 1.55. The number of benzene rings is 1. The molecule has 1 N–H and O–H groups in total. The fourth-order valence-corrected chi connectivity index (χ4v) is 3.79. The van der Waals surface area contributed by atoms with E-state index in [2.05, 4.69) is 26.3 Å². The van der Waals surface area contributed by atoms with Crippen molar-refractivity contribution < 1.29 is 14.3 Å². The van der Waals surface area contributed by atoms with Gasteiger partial charge in [0.1, 0.15) is 11.4 Å². The summed E-state index contributed by atoms with van der Waals surface area (Å²) in [4.78, 5) is 15.3. The quantitative estimate of drug-likeness (QED) is 0.576. The topological polar surface area (TPSA) is 107 Å². The molecule has 0 fully saturated rings. The van der Waals surface area contributed by atoms with Crippen LogP contribution in [0.15, 0.2) is 28.8 Å². The Balaban J connectivity index is 1.60. The monoisotopic (exact) mass is 369 g/mol. The molecule has 3 heterocycles. The highest BCUT2D eigenvalue weighted by atomic mass is 32.1. The Hall–Kier alpha value is -3.07. The maximum absolute atomic E-state index is 10.7. The van der Waals surface area contributed by atoms with Crippen LogP contribution in [0.3, 0.4) is 0 Å². The van der Waals surface area contributed by atoms with E-state index in [0.717, 1.165) is 32.0 Å². The van der Waals surface area contributed by atoms with Gasteiger partial charge in [-0.3, -0.25) is 9.48 Å². The fraction of sp³-hybridized carbons (Fsp3) is 0.235. The molecule has 0 spiro atoms. The minimum absolute atomic E-state index is 0.1000. The summed E-state index contributed by atoms with van der Waals surface area (Å²) in [6, 6.07) is 6.12. The van der Waals surface area contributed by atoms with E-state index >= 15 is 0 Å². The summed E-state index contributed by atoms with van der Waals surface area (Å²) in [5.41, 5.74) is 4.08. The lowest BCUT2D eigenvalue weighted by Gasteiger charge is -1.98. The first-order chi connectivity index (χ1) is 12.5. The number of hydrogen-bond acceptors (Lipinski definition) is 7. The molecule has 0 aliphatic rings. The Morgan fingerprint density at radius 2 is 2.12 bits per heavy atom. The number of aliphatic carboxylic acids is 1. The fourth-order valence-electron chi connectivity index (χ4n) is 2.79. The van der Waals surface area contributed by atoms with Crippen molar-refractivity contribution in [1.29, 1.82) is 0 Å². The molecule has 0 unspecified atom stereocenters. The maximum Gasteiger partial charge on any atom is 0.312 e. The maximum atomic E-state index is 10.7. The molecule has 132 valence electrons. The van der Waals surface area contributed by atoms with Crippen LogP contribution in [0, 0.1) is 6.92 Å². The SMILES string of the molecule is Cc1nn(C)cc1-c1ccc2nc(Cc3nnc(CC(=O)O)o3)sc2c1. The number of thiazole rings is 1. The molecule has 0 saturated heterocycles. The van der Waals surface area contributed by atoms with Crippen LogP contribution in [0.4, 0.5) is 0 Å². The summed E-state index contributed by atoms with van der Waals surface area (Å²) in [6.45, 7) is 1.99. The Kier molecular flexibility index (Phi) is 4.00. The van der Waals surface area contributed by atoms with Crippen molar-refractivity contribution in [2.24, 2.45) is 7.05 Å². The molecule has 4 rings (SSSR count). The van der Waals surface area contributed by atoms with Crippen LogP contribution in [0.25, 0.3) is 21.3 Å². The summed E-state index contributed by atoms with van der Waals surface area (Å²) in [6.07, 6.45) is 2.11. The molecule has 8 nitrogen and oxygen atoms in total. The van der Waals surface area contributed by atoms with Gasteiger partial charge in [-0.25, -0.2) is 4.98 Å². The third-order valence-electron chi connectivity index (χ3n) is 3.87. The van der Waals surface area contributed by atoms with E-state index in [0.29, 0.717) is 12.3 Å². The molecule has 3 aromatic heterocycles. The number of rotatable bonds is 5. The highest BCUT2D eigenvalue weighted by Gasteiger charge is 2.14. The number of aromatic nitrogens is 5.